The summed E-state index contributed by atoms with van der Waals surface area (Å²) in [6.45, 7) is 1.56. The number of carbonyl (C=O) groups is 2. The highest BCUT2D eigenvalue weighted by molar-refractivity contribution is 5.95. The Hall–Kier alpha value is -3.48. The van der Waals surface area contributed by atoms with Gasteiger partial charge in [0.15, 0.2) is 6.61 Å². The highest BCUT2D eigenvalue weighted by Gasteiger charge is 2.08. The summed E-state index contributed by atoms with van der Waals surface area (Å²) >= 11 is 0. The monoisotopic (exact) mass is 354 g/mol. The van der Waals surface area contributed by atoms with Crippen molar-refractivity contribution in [3.8, 4) is 0 Å². The zero-order chi connectivity index (χ0) is 18.9. The van der Waals surface area contributed by atoms with Gasteiger partial charge in [-0.25, -0.2) is 4.79 Å². The Kier molecular flexibility index (Phi) is 6.61. The SMILES string of the molecule is CCc1ccccc1NC(=O)COC(=O)C=Cc1cccc([N+](=O)[O-])c1. The van der Waals surface area contributed by atoms with Crippen molar-refractivity contribution in [2.24, 2.45) is 0 Å². The Morgan fingerprint density at radius 2 is 1.96 bits per heavy atom. The molecule has 0 radical (unpaired) electrons. The van der Waals surface area contributed by atoms with E-state index in [0.29, 0.717) is 11.3 Å². The maximum Gasteiger partial charge on any atom is 0.331 e. The van der Waals surface area contributed by atoms with Gasteiger partial charge in [0.05, 0.1) is 4.92 Å². The lowest BCUT2D eigenvalue weighted by atomic mass is 10.1. The number of nitro groups is 1. The average molecular weight is 354 g/mol. The second-order valence-electron chi connectivity index (χ2n) is 5.35. The van der Waals surface area contributed by atoms with Crippen molar-refractivity contribution in [2.45, 2.75) is 13.3 Å². The minimum atomic E-state index is -0.713. The van der Waals surface area contributed by atoms with Gasteiger partial charge in [0.2, 0.25) is 0 Å². The predicted molar refractivity (Wildman–Crippen MR) is 97.5 cm³/mol. The van der Waals surface area contributed by atoms with E-state index in [9.17, 15) is 19.7 Å². The third-order valence-electron chi connectivity index (χ3n) is 3.51. The molecule has 0 spiro atoms. The summed E-state index contributed by atoms with van der Waals surface area (Å²) in [5.74, 6) is -1.15. The molecule has 0 heterocycles. The molecule has 0 fully saturated rings. The fourth-order valence-electron chi connectivity index (χ4n) is 2.23. The van der Waals surface area contributed by atoms with Crippen molar-refractivity contribution in [3.05, 3.63) is 75.8 Å². The Morgan fingerprint density at radius 3 is 2.69 bits per heavy atom. The number of nitrogens with zero attached hydrogens (tertiary/aromatic N) is 1. The number of esters is 1. The third kappa shape index (κ3) is 5.55. The smallest absolute Gasteiger partial charge is 0.331 e. The van der Waals surface area contributed by atoms with Crippen molar-refractivity contribution in [1.82, 2.24) is 0 Å². The van der Waals surface area contributed by atoms with E-state index in [-0.39, 0.29) is 5.69 Å². The van der Waals surface area contributed by atoms with Gasteiger partial charge in [-0.1, -0.05) is 37.3 Å². The molecule has 0 unspecified atom stereocenters. The van der Waals surface area contributed by atoms with E-state index in [2.05, 4.69) is 5.32 Å². The largest absolute Gasteiger partial charge is 0.452 e. The van der Waals surface area contributed by atoms with E-state index in [1.165, 1.54) is 24.3 Å². The summed E-state index contributed by atoms with van der Waals surface area (Å²) in [6, 6.07) is 13.2. The van der Waals surface area contributed by atoms with Gasteiger partial charge in [0, 0.05) is 23.9 Å². The zero-order valence-corrected chi connectivity index (χ0v) is 14.2. The second kappa shape index (κ2) is 9.12. The van der Waals surface area contributed by atoms with Gasteiger partial charge >= 0.3 is 5.97 Å². The number of anilines is 1. The third-order valence-corrected chi connectivity index (χ3v) is 3.51. The molecular formula is C19H18N2O5. The van der Waals surface area contributed by atoms with E-state index in [4.69, 9.17) is 4.74 Å². The summed E-state index contributed by atoms with van der Waals surface area (Å²) in [7, 11) is 0. The number of hydrogen-bond donors (Lipinski definition) is 1. The van der Waals surface area contributed by atoms with Gasteiger partial charge in [-0.2, -0.15) is 0 Å². The maximum absolute atomic E-state index is 11.9. The molecule has 2 aromatic rings. The molecule has 0 aromatic heterocycles. The number of nitro benzene ring substituents is 1. The van der Waals surface area contributed by atoms with Crippen LogP contribution >= 0.6 is 0 Å². The van der Waals surface area contributed by atoms with Gasteiger partial charge in [0.25, 0.3) is 11.6 Å². The van der Waals surface area contributed by atoms with E-state index in [0.717, 1.165) is 18.1 Å². The molecular weight excluding hydrogens is 336 g/mol. The minimum absolute atomic E-state index is 0.0746. The number of ether oxygens (including phenoxy) is 1. The zero-order valence-electron chi connectivity index (χ0n) is 14.2. The molecule has 26 heavy (non-hydrogen) atoms. The van der Waals surface area contributed by atoms with E-state index < -0.39 is 23.4 Å². The molecule has 0 saturated heterocycles. The number of amides is 1. The number of nitrogens with one attached hydrogen (secondary N) is 1. The van der Waals surface area contributed by atoms with Crippen LogP contribution in [-0.2, 0) is 20.7 Å². The molecule has 7 heteroatoms. The molecule has 0 atom stereocenters. The summed E-state index contributed by atoms with van der Waals surface area (Å²) in [6.07, 6.45) is 3.27. The van der Waals surface area contributed by atoms with Gasteiger partial charge < -0.3 is 10.1 Å². The predicted octanol–water partition coefficient (Wildman–Crippen LogP) is 3.35. The Labute approximate surface area is 150 Å². The van der Waals surface area contributed by atoms with Crippen LogP contribution in [0.5, 0.6) is 0 Å². The number of para-hydroxylation sites is 1. The molecule has 0 bridgehead atoms. The van der Waals surface area contributed by atoms with Crippen LogP contribution in [-0.4, -0.2) is 23.4 Å². The first-order valence-corrected chi connectivity index (χ1v) is 7.96. The van der Waals surface area contributed by atoms with Crippen LogP contribution in [0.4, 0.5) is 11.4 Å². The van der Waals surface area contributed by atoms with Crippen LogP contribution in [0.25, 0.3) is 6.08 Å². The molecule has 134 valence electrons. The lowest BCUT2D eigenvalue weighted by Gasteiger charge is -2.09. The molecule has 2 rings (SSSR count). The summed E-state index contributed by atoms with van der Waals surface area (Å²) in [5, 5.41) is 13.4. The normalized spacial score (nSPS) is 10.5. The van der Waals surface area contributed by atoms with Gasteiger partial charge in [-0.3, -0.25) is 14.9 Å². The van der Waals surface area contributed by atoms with Crippen molar-refractivity contribution in [3.63, 3.8) is 0 Å². The van der Waals surface area contributed by atoms with Crippen LogP contribution in [0.1, 0.15) is 18.1 Å². The number of aryl methyl sites for hydroxylation is 1. The molecule has 2 aromatic carbocycles. The molecule has 1 amide bonds. The summed E-state index contributed by atoms with van der Waals surface area (Å²) < 4.78 is 4.88. The Balaban J connectivity index is 1.87. The van der Waals surface area contributed by atoms with Gasteiger partial charge in [-0.15, -0.1) is 0 Å². The van der Waals surface area contributed by atoms with Crippen LogP contribution < -0.4 is 5.32 Å². The topological polar surface area (TPSA) is 98.5 Å². The quantitative estimate of drug-likeness (QED) is 0.356. The van der Waals surface area contributed by atoms with Crippen LogP contribution in [0.3, 0.4) is 0 Å². The van der Waals surface area contributed by atoms with Gasteiger partial charge in [0.1, 0.15) is 0 Å². The molecule has 7 nitrogen and oxygen atoms in total. The highest BCUT2D eigenvalue weighted by Crippen LogP contribution is 2.15. The van der Waals surface area contributed by atoms with Crippen molar-refractivity contribution in [2.75, 3.05) is 11.9 Å². The number of non-ortho nitro benzene ring substituents is 1. The Bertz CT molecular complexity index is 845. The minimum Gasteiger partial charge on any atom is -0.452 e. The van der Waals surface area contributed by atoms with Crippen molar-refractivity contribution in [1.29, 1.82) is 0 Å². The van der Waals surface area contributed by atoms with Crippen molar-refractivity contribution < 1.29 is 19.2 Å². The van der Waals surface area contributed by atoms with Crippen LogP contribution in [0.2, 0.25) is 0 Å². The summed E-state index contributed by atoms with van der Waals surface area (Å²) in [5.41, 5.74) is 2.08. The summed E-state index contributed by atoms with van der Waals surface area (Å²) in [4.78, 5) is 33.8. The number of carbonyl (C=O) groups excluding carboxylic acids is 2. The van der Waals surface area contributed by atoms with E-state index in [1.807, 2.05) is 25.1 Å². The molecule has 0 aliphatic rings. The molecule has 0 aliphatic carbocycles. The fourth-order valence-corrected chi connectivity index (χ4v) is 2.23. The van der Waals surface area contributed by atoms with Crippen LogP contribution in [0, 0.1) is 10.1 Å². The first kappa shape index (κ1) is 18.9. The lowest BCUT2D eigenvalue weighted by Crippen LogP contribution is -2.20. The maximum atomic E-state index is 11.9. The molecule has 0 saturated carbocycles. The fraction of sp³-hybridized carbons (Fsp3) is 0.158. The number of hydrogen-bond acceptors (Lipinski definition) is 5. The molecule has 0 aliphatic heterocycles. The average Bonchev–Trinajstić information content (AvgIpc) is 2.65. The standard InChI is InChI=1S/C19H18N2O5/c1-2-15-7-3-4-9-17(15)20-18(22)13-26-19(23)11-10-14-6-5-8-16(12-14)21(24)25/h3-12H,2,13H2,1H3,(H,20,22). The highest BCUT2D eigenvalue weighted by atomic mass is 16.6. The van der Waals surface area contributed by atoms with Crippen LogP contribution in [0.15, 0.2) is 54.6 Å². The van der Waals surface area contributed by atoms with E-state index >= 15 is 0 Å². The van der Waals surface area contributed by atoms with Crippen molar-refractivity contribution >= 4 is 29.3 Å². The van der Waals surface area contributed by atoms with Gasteiger partial charge in [-0.05, 0) is 29.7 Å². The van der Waals surface area contributed by atoms with E-state index in [1.54, 1.807) is 12.1 Å². The first-order chi connectivity index (χ1) is 12.5. The molecule has 1 N–H and O–H groups in total. The number of benzene rings is 2. The number of rotatable bonds is 7. The first-order valence-electron chi connectivity index (χ1n) is 7.96. The Morgan fingerprint density at radius 1 is 1.19 bits per heavy atom. The second-order valence-corrected chi connectivity index (χ2v) is 5.35. The lowest BCUT2D eigenvalue weighted by molar-refractivity contribution is -0.384.